The van der Waals surface area contributed by atoms with E-state index in [4.69, 9.17) is 16.3 Å². The first-order valence-electron chi connectivity index (χ1n) is 8.46. The lowest BCUT2D eigenvalue weighted by Gasteiger charge is -2.26. The van der Waals surface area contributed by atoms with Crippen LogP contribution in [0, 0.1) is 11.6 Å². The van der Waals surface area contributed by atoms with Crippen molar-refractivity contribution in [3.63, 3.8) is 0 Å². The molecule has 0 amide bonds. The fraction of sp³-hybridized carbons (Fsp3) is 0.412. The minimum absolute atomic E-state index is 0.0642. The quantitative estimate of drug-likeness (QED) is 0.504. The van der Waals surface area contributed by atoms with Gasteiger partial charge in [0.25, 0.3) is 5.56 Å². The fourth-order valence-electron chi connectivity index (χ4n) is 2.32. The highest BCUT2D eigenvalue weighted by Gasteiger charge is 2.29. The highest BCUT2D eigenvalue weighted by molar-refractivity contribution is 7.88. The lowest BCUT2D eigenvalue weighted by atomic mass is 10.0. The predicted molar refractivity (Wildman–Crippen MR) is 105 cm³/mol. The number of H-pyrrole nitrogens is 1. The van der Waals surface area contributed by atoms with Crippen LogP contribution in [0.4, 0.5) is 14.7 Å². The maximum atomic E-state index is 13.8. The zero-order valence-corrected chi connectivity index (χ0v) is 17.5. The highest BCUT2D eigenvalue weighted by atomic mass is 35.5. The lowest BCUT2D eigenvalue weighted by molar-refractivity contribution is -0.0378. The van der Waals surface area contributed by atoms with Crippen molar-refractivity contribution < 1.29 is 21.9 Å². The van der Waals surface area contributed by atoms with Gasteiger partial charge in [-0.25, -0.2) is 26.9 Å². The Labute approximate surface area is 171 Å². The Morgan fingerprint density at radius 2 is 1.97 bits per heavy atom. The Morgan fingerprint density at radius 1 is 1.28 bits per heavy atom. The van der Waals surface area contributed by atoms with Crippen LogP contribution in [0.15, 0.2) is 23.0 Å². The second kappa shape index (κ2) is 9.16. The van der Waals surface area contributed by atoms with E-state index < -0.39 is 32.8 Å². The molecule has 2 aromatic rings. The molecule has 8 nitrogen and oxygen atoms in total. The van der Waals surface area contributed by atoms with E-state index in [1.165, 1.54) is 6.07 Å². The number of hydrogen-bond donors (Lipinski definition) is 3. The molecule has 1 aromatic carbocycles. The van der Waals surface area contributed by atoms with E-state index in [2.05, 4.69) is 20.0 Å². The van der Waals surface area contributed by atoms with Crippen LogP contribution in [0.3, 0.4) is 0 Å². The molecule has 160 valence electrons. The number of benzene rings is 1. The normalized spacial score (nSPS) is 12.2. The Bertz CT molecular complexity index is 1040. The van der Waals surface area contributed by atoms with Gasteiger partial charge in [0, 0.05) is 24.7 Å². The van der Waals surface area contributed by atoms with Crippen molar-refractivity contribution in [1.82, 2.24) is 14.7 Å². The second-order valence-electron chi connectivity index (χ2n) is 6.71. The van der Waals surface area contributed by atoms with E-state index in [0.717, 1.165) is 18.4 Å². The van der Waals surface area contributed by atoms with Crippen molar-refractivity contribution in [3.05, 3.63) is 56.5 Å². The molecule has 2 rings (SSSR count). The summed E-state index contributed by atoms with van der Waals surface area (Å²) in [5.41, 5.74) is -1.58. The topological polar surface area (TPSA) is 113 Å². The van der Waals surface area contributed by atoms with E-state index in [-0.39, 0.29) is 41.9 Å². The van der Waals surface area contributed by atoms with Crippen molar-refractivity contribution in [2.24, 2.45) is 0 Å². The number of nitrogens with one attached hydrogen (secondary N) is 3. The Hall–Kier alpha value is -2.08. The second-order valence-corrected chi connectivity index (χ2v) is 8.92. The molecule has 0 fully saturated rings. The van der Waals surface area contributed by atoms with Crippen LogP contribution in [0.1, 0.15) is 25.1 Å². The number of aromatic nitrogens is 2. The van der Waals surface area contributed by atoms with Crippen molar-refractivity contribution in [1.29, 1.82) is 0 Å². The maximum absolute atomic E-state index is 13.8. The molecular weight excluding hydrogens is 430 g/mol. The third kappa shape index (κ3) is 6.74. The number of aromatic amines is 1. The molecule has 0 aliphatic rings. The van der Waals surface area contributed by atoms with Gasteiger partial charge in [-0.05, 0) is 19.9 Å². The van der Waals surface area contributed by atoms with E-state index in [1.807, 2.05) is 0 Å². The number of anilines is 1. The lowest BCUT2D eigenvalue weighted by Crippen LogP contribution is -2.30. The third-order valence-corrected chi connectivity index (χ3v) is 4.90. The monoisotopic (exact) mass is 450 g/mol. The molecule has 12 heteroatoms. The molecule has 0 radical (unpaired) electrons. The van der Waals surface area contributed by atoms with Crippen molar-refractivity contribution in [2.75, 3.05) is 24.7 Å². The van der Waals surface area contributed by atoms with Crippen LogP contribution in [-0.2, 0) is 27.0 Å². The van der Waals surface area contributed by atoms with Gasteiger partial charge in [0.2, 0.25) is 16.0 Å². The Morgan fingerprint density at radius 3 is 2.59 bits per heavy atom. The first-order valence-corrected chi connectivity index (χ1v) is 10.7. The highest BCUT2D eigenvalue weighted by Crippen LogP contribution is 2.29. The van der Waals surface area contributed by atoms with Crippen LogP contribution < -0.4 is 15.6 Å². The number of nitrogens with zero attached hydrogens (tertiary/aromatic N) is 1. The average molecular weight is 451 g/mol. The van der Waals surface area contributed by atoms with Crippen molar-refractivity contribution >= 4 is 27.6 Å². The smallest absolute Gasteiger partial charge is 0.271 e. The van der Waals surface area contributed by atoms with Gasteiger partial charge in [-0.3, -0.25) is 9.78 Å². The molecule has 0 aliphatic heterocycles. The minimum atomic E-state index is -3.34. The van der Waals surface area contributed by atoms with Crippen LogP contribution in [0.5, 0.6) is 0 Å². The van der Waals surface area contributed by atoms with Gasteiger partial charge >= 0.3 is 0 Å². The summed E-state index contributed by atoms with van der Waals surface area (Å²) in [6.07, 6.45) is 1.03. The molecule has 0 bridgehead atoms. The molecule has 0 atom stereocenters. The third-order valence-electron chi connectivity index (χ3n) is 3.82. The van der Waals surface area contributed by atoms with Crippen molar-refractivity contribution in [2.45, 2.75) is 26.1 Å². The Balaban J connectivity index is 2.15. The summed E-state index contributed by atoms with van der Waals surface area (Å²) < 4.78 is 57.0. The molecule has 0 saturated heterocycles. The van der Waals surface area contributed by atoms with Crippen LogP contribution in [0.2, 0.25) is 5.02 Å². The van der Waals surface area contributed by atoms with Crippen LogP contribution >= 0.6 is 11.6 Å². The van der Waals surface area contributed by atoms with E-state index >= 15 is 0 Å². The summed E-state index contributed by atoms with van der Waals surface area (Å²) in [5.74, 6) is -1.40. The summed E-state index contributed by atoms with van der Waals surface area (Å²) in [7, 11) is -3.34. The molecule has 29 heavy (non-hydrogen) atoms. The standard InChI is InChI=1S/C17H21ClF2N4O4S/c1-17(2,28-9-10-4-5-11(19)8-12(10)20)14-13(18)15(25)24-16(23-14)21-6-7-22-29(3,26)27/h4-5,8,22H,6-7,9H2,1-3H3,(H2,21,23,24,25). The maximum Gasteiger partial charge on any atom is 0.271 e. The van der Waals surface area contributed by atoms with Gasteiger partial charge in [-0.2, -0.15) is 0 Å². The molecule has 3 N–H and O–H groups in total. The number of sulfonamides is 1. The SMILES string of the molecule is CC(C)(OCc1ccc(F)cc1F)c1nc(NCCNS(C)(=O)=O)[nH]c(=O)c1Cl. The van der Waals surface area contributed by atoms with Crippen molar-refractivity contribution in [3.8, 4) is 0 Å². The van der Waals surface area contributed by atoms with Gasteiger partial charge in [-0.15, -0.1) is 0 Å². The van der Waals surface area contributed by atoms with Gasteiger partial charge in [-0.1, -0.05) is 17.7 Å². The van der Waals surface area contributed by atoms with Crippen LogP contribution in [-0.4, -0.2) is 37.7 Å². The van der Waals surface area contributed by atoms with Gasteiger partial charge in [0.1, 0.15) is 22.3 Å². The first-order chi connectivity index (χ1) is 13.4. The molecule has 0 unspecified atom stereocenters. The molecule has 1 heterocycles. The summed E-state index contributed by atoms with van der Waals surface area (Å²) in [6.45, 7) is 3.21. The molecule has 0 spiro atoms. The molecule has 0 saturated carbocycles. The average Bonchev–Trinajstić information content (AvgIpc) is 2.59. The summed E-state index contributed by atoms with van der Waals surface area (Å²) in [6, 6.07) is 3.12. The fourth-order valence-corrected chi connectivity index (χ4v) is 3.11. The van der Waals surface area contributed by atoms with E-state index in [9.17, 15) is 22.0 Å². The minimum Gasteiger partial charge on any atom is -0.364 e. The molecular formula is C17H21ClF2N4O4S. The zero-order chi connectivity index (χ0) is 21.8. The van der Waals surface area contributed by atoms with Gasteiger partial charge in [0.15, 0.2) is 0 Å². The number of hydrogen-bond acceptors (Lipinski definition) is 6. The predicted octanol–water partition coefficient (Wildman–Crippen LogP) is 2.11. The molecule has 1 aromatic heterocycles. The summed E-state index contributed by atoms with van der Waals surface area (Å²) >= 11 is 6.08. The summed E-state index contributed by atoms with van der Waals surface area (Å²) in [4.78, 5) is 18.8. The van der Waals surface area contributed by atoms with Gasteiger partial charge < -0.3 is 10.1 Å². The zero-order valence-electron chi connectivity index (χ0n) is 16.0. The largest absolute Gasteiger partial charge is 0.364 e. The Kier molecular flexibility index (Phi) is 7.33. The number of ether oxygens (including phenoxy) is 1. The number of rotatable bonds is 9. The first kappa shape index (κ1) is 23.2. The molecule has 0 aliphatic carbocycles. The van der Waals surface area contributed by atoms with E-state index in [1.54, 1.807) is 13.8 Å². The van der Waals surface area contributed by atoms with E-state index in [0.29, 0.717) is 0 Å². The van der Waals surface area contributed by atoms with Crippen LogP contribution in [0.25, 0.3) is 0 Å². The number of halogens is 3. The van der Waals surface area contributed by atoms with Gasteiger partial charge in [0.05, 0.1) is 18.6 Å². The summed E-state index contributed by atoms with van der Waals surface area (Å²) in [5, 5.41) is 2.58.